The van der Waals surface area contributed by atoms with Gasteiger partial charge in [-0.2, -0.15) is 13.2 Å². The van der Waals surface area contributed by atoms with Crippen molar-refractivity contribution >= 4 is 12.0 Å². The van der Waals surface area contributed by atoms with Crippen molar-refractivity contribution in [2.75, 3.05) is 26.9 Å². The minimum Gasteiger partial charge on any atom is -0.496 e. The molecule has 5 rings (SSSR count). The number of aromatic nitrogens is 1. The molecule has 1 aromatic rings. The van der Waals surface area contributed by atoms with Gasteiger partial charge in [0.15, 0.2) is 0 Å². The van der Waals surface area contributed by atoms with Crippen molar-refractivity contribution in [2.45, 2.75) is 75.4 Å². The highest BCUT2D eigenvalue weighted by molar-refractivity contribution is 5.82. The molecule has 0 radical (unpaired) electrons. The van der Waals surface area contributed by atoms with Crippen molar-refractivity contribution in [3.63, 3.8) is 0 Å². The SMILES string of the molecule is COc1cc2nc(c1)C1CCC(CC1)OCC1C(NC(=O)C(F)(F)F)CC(C)N1C(=O)OCCO2. The number of methoxy groups -OCH3 is 1. The highest BCUT2D eigenvalue weighted by Crippen LogP contribution is 2.36. The van der Waals surface area contributed by atoms with Gasteiger partial charge >= 0.3 is 18.2 Å². The highest BCUT2D eigenvalue weighted by atomic mass is 19.4. The molecule has 1 saturated carbocycles. The topological polar surface area (TPSA) is 99.2 Å². The molecule has 3 atom stereocenters. The summed E-state index contributed by atoms with van der Waals surface area (Å²) in [4.78, 5) is 30.5. The molecule has 1 saturated heterocycles. The lowest BCUT2D eigenvalue weighted by Crippen LogP contribution is -2.53. The second-order valence-corrected chi connectivity index (χ2v) is 9.18. The Morgan fingerprint density at radius 1 is 1.17 bits per heavy atom. The Morgan fingerprint density at radius 2 is 1.89 bits per heavy atom. The summed E-state index contributed by atoms with van der Waals surface area (Å²) in [6.07, 6.45) is -2.60. The minimum atomic E-state index is -5.02. The van der Waals surface area contributed by atoms with Crippen LogP contribution in [0.4, 0.5) is 18.0 Å². The Bertz CT molecular complexity index is 922. The summed E-state index contributed by atoms with van der Waals surface area (Å²) in [5, 5.41) is 2.04. The van der Waals surface area contributed by atoms with Gasteiger partial charge in [0.05, 0.1) is 37.6 Å². The van der Waals surface area contributed by atoms with E-state index in [1.807, 2.05) is 11.4 Å². The molecule has 9 nitrogen and oxygen atoms in total. The van der Waals surface area contributed by atoms with Gasteiger partial charge in [0, 0.05) is 24.1 Å². The number of rotatable bonds is 2. The first-order valence-electron chi connectivity index (χ1n) is 11.8. The third-order valence-corrected chi connectivity index (χ3v) is 6.86. The van der Waals surface area contributed by atoms with E-state index in [0.717, 1.165) is 31.4 Å². The van der Waals surface area contributed by atoms with Gasteiger partial charge in [0.1, 0.15) is 19.0 Å². The number of pyridine rings is 1. The van der Waals surface area contributed by atoms with Crippen LogP contribution in [0, 0.1) is 0 Å². The van der Waals surface area contributed by atoms with Gasteiger partial charge in [0.2, 0.25) is 5.88 Å². The van der Waals surface area contributed by atoms with Crippen molar-refractivity contribution in [2.24, 2.45) is 0 Å². The summed E-state index contributed by atoms with van der Waals surface area (Å²) in [6, 6.07) is 1.40. The molecule has 2 amide bonds. The van der Waals surface area contributed by atoms with Crippen LogP contribution in [0.25, 0.3) is 0 Å². The molecule has 1 aliphatic carbocycles. The van der Waals surface area contributed by atoms with Gasteiger partial charge in [-0.25, -0.2) is 9.78 Å². The molecule has 3 unspecified atom stereocenters. The molecular weight excluding hydrogens is 471 g/mol. The molecule has 1 aromatic heterocycles. The number of alkyl halides is 3. The number of halogens is 3. The van der Waals surface area contributed by atoms with E-state index in [-0.39, 0.29) is 38.3 Å². The molecule has 0 aromatic carbocycles. The monoisotopic (exact) mass is 501 g/mol. The van der Waals surface area contributed by atoms with Crippen LogP contribution in [-0.4, -0.2) is 79.2 Å². The van der Waals surface area contributed by atoms with E-state index >= 15 is 0 Å². The Labute approximate surface area is 201 Å². The van der Waals surface area contributed by atoms with E-state index in [0.29, 0.717) is 11.6 Å². The standard InChI is InChI=1S/C23H30F3N3O6/c1-13-9-18(28-21(30)23(24,25)26)19-12-35-15-5-3-14(4-6-15)17-10-16(32-2)11-20(27-17)33-7-8-34-22(31)29(13)19/h10-11,13-15,18-19H,3-9,12H2,1-2H3,(H,28,30). The number of carbonyl (C=O) groups excluding carboxylic acids is 2. The first-order valence-corrected chi connectivity index (χ1v) is 11.8. The molecule has 194 valence electrons. The Hall–Kier alpha value is -2.76. The first-order chi connectivity index (χ1) is 16.7. The summed E-state index contributed by atoms with van der Waals surface area (Å²) in [7, 11) is 1.57. The maximum absolute atomic E-state index is 12.9. The van der Waals surface area contributed by atoms with Gasteiger partial charge < -0.3 is 24.3 Å². The van der Waals surface area contributed by atoms with Crippen molar-refractivity contribution in [1.82, 2.24) is 15.2 Å². The van der Waals surface area contributed by atoms with Crippen molar-refractivity contribution in [3.05, 3.63) is 17.8 Å². The fourth-order valence-electron chi connectivity index (χ4n) is 5.09. The van der Waals surface area contributed by atoms with Crippen LogP contribution >= 0.6 is 0 Å². The fourth-order valence-corrected chi connectivity index (χ4v) is 5.09. The summed E-state index contributed by atoms with van der Waals surface area (Å²) < 4.78 is 61.2. The lowest BCUT2D eigenvalue weighted by Gasteiger charge is -2.33. The first kappa shape index (κ1) is 25.3. The Kier molecular flexibility index (Phi) is 7.58. The van der Waals surface area contributed by atoms with Crippen LogP contribution in [0.5, 0.6) is 11.6 Å². The van der Waals surface area contributed by atoms with Crippen LogP contribution in [0.2, 0.25) is 0 Å². The van der Waals surface area contributed by atoms with E-state index in [2.05, 4.69) is 4.98 Å². The van der Waals surface area contributed by atoms with Gasteiger partial charge in [-0.05, 0) is 39.0 Å². The molecule has 12 heteroatoms. The number of nitrogens with zero attached hydrogens (tertiary/aromatic N) is 2. The zero-order chi connectivity index (χ0) is 25.2. The number of fused-ring (bicyclic) bond motifs is 7. The predicted octanol–water partition coefficient (Wildman–Crippen LogP) is 3.17. The van der Waals surface area contributed by atoms with Gasteiger partial charge in [-0.15, -0.1) is 0 Å². The largest absolute Gasteiger partial charge is 0.496 e. The van der Waals surface area contributed by atoms with E-state index in [4.69, 9.17) is 18.9 Å². The molecular formula is C23H30F3N3O6. The average molecular weight is 502 g/mol. The quantitative estimate of drug-likeness (QED) is 0.665. The average Bonchev–Trinajstić information content (AvgIpc) is 3.13. The lowest BCUT2D eigenvalue weighted by molar-refractivity contribution is -0.174. The highest BCUT2D eigenvalue weighted by Gasteiger charge is 2.47. The molecule has 4 aliphatic rings. The summed E-state index contributed by atoms with van der Waals surface area (Å²) in [5.74, 6) is -0.847. The molecule has 0 spiro atoms. The molecule has 35 heavy (non-hydrogen) atoms. The van der Waals surface area contributed by atoms with Gasteiger partial charge in [-0.1, -0.05) is 0 Å². The summed E-state index contributed by atoms with van der Waals surface area (Å²) in [6.45, 7) is 1.65. The van der Waals surface area contributed by atoms with E-state index < -0.39 is 36.3 Å². The number of nitrogens with one attached hydrogen (secondary N) is 1. The van der Waals surface area contributed by atoms with E-state index in [9.17, 15) is 22.8 Å². The zero-order valence-corrected chi connectivity index (χ0v) is 19.7. The molecule has 4 bridgehead atoms. The van der Waals surface area contributed by atoms with Crippen molar-refractivity contribution < 1.29 is 41.7 Å². The second kappa shape index (κ2) is 10.5. The molecule has 2 fully saturated rings. The minimum absolute atomic E-state index is 0.00433. The van der Waals surface area contributed by atoms with E-state index in [1.54, 1.807) is 20.1 Å². The van der Waals surface area contributed by atoms with Gasteiger partial charge in [0.25, 0.3) is 0 Å². The number of ether oxygens (including phenoxy) is 4. The van der Waals surface area contributed by atoms with Crippen LogP contribution in [-0.2, 0) is 14.3 Å². The number of carbonyl (C=O) groups is 2. The van der Waals surface area contributed by atoms with Crippen molar-refractivity contribution in [1.29, 1.82) is 0 Å². The lowest BCUT2D eigenvalue weighted by atomic mass is 9.85. The van der Waals surface area contributed by atoms with Crippen LogP contribution in [0.15, 0.2) is 12.1 Å². The number of amides is 2. The van der Waals surface area contributed by atoms with Crippen molar-refractivity contribution in [3.8, 4) is 11.6 Å². The normalized spacial score (nSPS) is 29.7. The second-order valence-electron chi connectivity index (χ2n) is 9.18. The summed E-state index contributed by atoms with van der Waals surface area (Å²) in [5.41, 5.74) is 0.854. The number of hydrogen-bond acceptors (Lipinski definition) is 7. The zero-order valence-electron chi connectivity index (χ0n) is 19.7. The molecule has 4 heterocycles. The Morgan fingerprint density at radius 3 is 2.57 bits per heavy atom. The maximum Gasteiger partial charge on any atom is 0.471 e. The summed E-state index contributed by atoms with van der Waals surface area (Å²) >= 11 is 0. The van der Waals surface area contributed by atoms with Crippen LogP contribution < -0.4 is 14.8 Å². The molecule has 1 N–H and O–H groups in total. The smallest absolute Gasteiger partial charge is 0.471 e. The third kappa shape index (κ3) is 5.91. The predicted molar refractivity (Wildman–Crippen MR) is 116 cm³/mol. The Balaban J connectivity index is 1.54. The fraction of sp³-hybridized carbons (Fsp3) is 0.696. The number of hydrogen-bond donors (Lipinski definition) is 1. The van der Waals surface area contributed by atoms with Crippen LogP contribution in [0.3, 0.4) is 0 Å². The third-order valence-electron chi connectivity index (χ3n) is 6.86. The van der Waals surface area contributed by atoms with Crippen LogP contribution in [0.1, 0.15) is 50.6 Å². The maximum atomic E-state index is 12.9. The molecule has 3 aliphatic heterocycles. The van der Waals surface area contributed by atoms with Gasteiger partial charge in [-0.3, -0.25) is 9.69 Å². The van der Waals surface area contributed by atoms with E-state index in [1.165, 1.54) is 4.90 Å².